The highest BCUT2D eigenvalue weighted by atomic mass is 16.7. The van der Waals surface area contributed by atoms with Crippen LogP contribution in [-0.4, -0.2) is 29.5 Å². The largest absolute Gasteiger partial charge is 0.494 e. The second kappa shape index (κ2) is 6.78. The van der Waals surface area contributed by atoms with Crippen molar-refractivity contribution < 1.29 is 19.2 Å². The molecular formula is C20H24BNO4. The number of amides is 1. The Balaban J connectivity index is 1.85. The first kappa shape index (κ1) is 18.5. The van der Waals surface area contributed by atoms with Crippen molar-refractivity contribution >= 4 is 18.7 Å². The van der Waals surface area contributed by atoms with Crippen LogP contribution in [0, 0.1) is 0 Å². The van der Waals surface area contributed by atoms with E-state index in [0.29, 0.717) is 0 Å². The first-order chi connectivity index (χ1) is 12.2. The van der Waals surface area contributed by atoms with Crippen LogP contribution in [0.25, 0.3) is 0 Å². The molecule has 0 spiro atoms. The highest BCUT2D eigenvalue weighted by molar-refractivity contribution is 6.62. The molecular weight excluding hydrogens is 329 g/mol. The van der Waals surface area contributed by atoms with Crippen molar-refractivity contribution in [3.63, 3.8) is 0 Å². The zero-order valence-corrected chi connectivity index (χ0v) is 15.5. The average molecular weight is 353 g/mol. The Morgan fingerprint density at radius 3 is 1.92 bits per heavy atom. The van der Waals surface area contributed by atoms with Gasteiger partial charge in [0, 0.05) is 0 Å². The smallest absolute Gasteiger partial charge is 0.465 e. The lowest BCUT2D eigenvalue weighted by atomic mass is 9.78. The maximum absolute atomic E-state index is 11.2. The fourth-order valence-electron chi connectivity index (χ4n) is 2.95. The Bertz CT molecular complexity index is 758. The van der Waals surface area contributed by atoms with Crippen molar-refractivity contribution in [2.45, 2.75) is 44.9 Å². The van der Waals surface area contributed by atoms with Gasteiger partial charge >= 0.3 is 13.2 Å². The fraction of sp³-hybridized carbons (Fsp3) is 0.350. The van der Waals surface area contributed by atoms with Crippen molar-refractivity contribution in [3.8, 4) is 0 Å². The molecule has 1 amide bonds. The van der Waals surface area contributed by atoms with Gasteiger partial charge in [-0.05, 0) is 44.3 Å². The number of nitrogens with one attached hydrogen (secondary N) is 1. The minimum Gasteiger partial charge on any atom is -0.465 e. The molecule has 1 unspecified atom stereocenters. The van der Waals surface area contributed by atoms with Gasteiger partial charge in [0.15, 0.2) is 0 Å². The normalized spacial score (nSPS) is 19.2. The summed E-state index contributed by atoms with van der Waals surface area (Å²) in [7, 11) is -0.434. The van der Waals surface area contributed by atoms with Gasteiger partial charge in [-0.1, -0.05) is 54.6 Å². The standard InChI is InChI=1S/C20H24BNO4/c1-19(2)20(3,4)26-21(25-19)16-12-10-15(11-13-16)17(22-18(23)24)14-8-6-5-7-9-14/h5-13,17,22H,1-4H3,(H,23,24). The van der Waals surface area contributed by atoms with Gasteiger partial charge in [-0.15, -0.1) is 0 Å². The van der Waals surface area contributed by atoms with Crippen LogP contribution in [0.5, 0.6) is 0 Å². The number of hydrogen-bond donors (Lipinski definition) is 2. The Kier molecular flexibility index (Phi) is 4.82. The molecule has 0 bridgehead atoms. The van der Waals surface area contributed by atoms with Gasteiger partial charge in [0.25, 0.3) is 0 Å². The summed E-state index contributed by atoms with van der Waals surface area (Å²) >= 11 is 0. The van der Waals surface area contributed by atoms with Crippen LogP contribution in [-0.2, 0) is 9.31 Å². The van der Waals surface area contributed by atoms with Gasteiger partial charge in [0.1, 0.15) is 0 Å². The van der Waals surface area contributed by atoms with E-state index < -0.39 is 30.5 Å². The van der Waals surface area contributed by atoms with Crippen molar-refractivity contribution in [3.05, 3.63) is 65.7 Å². The summed E-state index contributed by atoms with van der Waals surface area (Å²) in [4.78, 5) is 11.2. The summed E-state index contributed by atoms with van der Waals surface area (Å²) in [6.45, 7) is 8.07. The highest BCUT2D eigenvalue weighted by Crippen LogP contribution is 2.36. The van der Waals surface area contributed by atoms with E-state index in [1.165, 1.54) is 0 Å². The van der Waals surface area contributed by atoms with Crippen LogP contribution >= 0.6 is 0 Å². The molecule has 26 heavy (non-hydrogen) atoms. The topological polar surface area (TPSA) is 67.8 Å². The minimum absolute atomic E-state index is 0.395. The zero-order chi connectivity index (χ0) is 18.9. The fourth-order valence-corrected chi connectivity index (χ4v) is 2.95. The summed E-state index contributed by atoms with van der Waals surface area (Å²) in [5.74, 6) is 0. The van der Waals surface area contributed by atoms with Gasteiger partial charge < -0.3 is 19.7 Å². The van der Waals surface area contributed by atoms with E-state index in [-0.39, 0.29) is 0 Å². The molecule has 0 aromatic heterocycles. The molecule has 136 valence electrons. The molecule has 6 heteroatoms. The van der Waals surface area contributed by atoms with Gasteiger partial charge in [0.05, 0.1) is 17.2 Å². The van der Waals surface area contributed by atoms with Crippen LogP contribution in [0.2, 0.25) is 0 Å². The lowest BCUT2D eigenvalue weighted by Crippen LogP contribution is -2.41. The molecule has 3 rings (SSSR count). The van der Waals surface area contributed by atoms with Crippen molar-refractivity contribution in [2.24, 2.45) is 0 Å². The zero-order valence-electron chi connectivity index (χ0n) is 15.5. The average Bonchev–Trinajstić information content (AvgIpc) is 2.81. The Morgan fingerprint density at radius 1 is 0.923 bits per heavy atom. The predicted octanol–water partition coefficient (Wildman–Crippen LogP) is 3.34. The molecule has 1 saturated heterocycles. The molecule has 5 nitrogen and oxygen atoms in total. The Labute approximate surface area is 154 Å². The second-order valence-electron chi connectivity index (χ2n) is 7.55. The SMILES string of the molecule is CC1(C)OB(c2ccc(C(NC(=O)O)c3ccccc3)cc2)OC1(C)C. The lowest BCUT2D eigenvalue weighted by molar-refractivity contribution is 0.00578. The molecule has 2 N–H and O–H groups in total. The molecule has 1 aliphatic rings. The third kappa shape index (κ3) is 3.62. The number of rotatable bonds is 4. The van der Waals surface area contributed by atoms with Crippen LogP contribution in [0.3, 0.4) is 0 Å². The Morgan fingerprint density at radius 2 is 1.42 bits per heavy atom. The van der Waals surface area contributed by atoms with Crippen molar-refractivity contribution in [1.82, 2.24) is 5.32 Å². The second-order valence-corrected chi connectivity index (χ2v) is 7.55. The molecule has 1 atom stereocenters. The van der Waals surface area contributed by atoms with E-state index in [9.17, 15) is 9.90 Å². The van der Waals surface area contributed by atoms with Crippen LogP contribution < -0.4 is 10.8 Å². The summed E-state index contributed by atoms with van der Waals surface area (Å²) in [6, 6.07) is 16.8. The molecule has 1 aliphatic heterocycles. The summed E-state index contributed by atoms with van der Waals surface area (Å²) in [5, 5.41) is 11.8. The number of carboxylic acid groups (broad SMARTS) is 1. The summed E-state index contributed by atoms with van der Waals surface area (Å²) < 4.78 is 12.1. The molecule has 0 saturated carbocycles. The first-order valence-electron chi connectivity index (χ1n) is 8.69. The molecule has 0 aliphatic carbocycles. The lowest BCUT2D eigenvalue weighted by Gasteiger charge is -2.32. The van der Waals surface area contributed by atoms with Gasteiger partial charge in [-0.25, -0.2) is 4.79 Å². The molecule has 1 fully saturated rings. The number of carbonyl (C=O) groups is 1. The quantitative estimate of drug-likeness (QED) is 0.828. The van der Waals surface area contributed by atoms with Crippen LogP contribution in [0.1, 0.15) is 44.9 Å². The van der Waals surface area contributed by atoms with Gasteiger partial charge in [0.2, 0.25) is 0 Å². The van der Waals surface area contributed by atoms with Crippen LogP contribution in [0.15, 0.2) is 54.6 Å². The van der Waals surface area contributed by atoms with Gasteiger partial charge in [-0.3, -0.25) is 0 Å². The summed E-state index contributed by atoms with van der Waals surface area (Å²) in [5.41, 5.74) is 1.87. The van der Waals surface area contributed by atoms with E-state index in [4.69, 9.17) is 9.31 Å². The third-order valence-electron chi connectivity index (χ3n) is 5.20. The van der Waals surface area contributed by atoms with Crippen LogP contribution in [0.4, 0.5) is 4.79 Å². The molecule has 2 aromatic carbocycles. The first-order valence-corrected chi connectivity index (χ1v) is 8.69. The Hall–Kier alpha value is -2.31. The molecule has 0 radical (unpaired) electrons. The van der Waals surface area contributed by atoms with Crippen molar-refractivity contribution in [2.75, 3.05) is 0 Å². The van der Waals surface area contributed by atoms with E-state index in [0.717, 1.165) is 16.6 Å². The van der Waals surface area contributed by atoms with E-state index in [1.54, 1.807) is 0 Å². The molecule has 2 aromatic rings. The monoisotopic (exact) mass is 353 g/mol. The highest BCUT2D eigenvalue weighted by Gasteiger charge is 2.51. The number of benzene rings is 2. The predicted molar refractivity (Wildman–Crippen MR) is 102 cm³/mol. The maximum Gasteiger partial charge on any atom is 0.494 e. The van der Waals surface area contributed by atoms with Gasteiger partial charge in [-0.2, -0.15) is 0 Å². The summed E-state index contributed by atoms with van der Waals surface area (Å²) in [6.07, 6.45) is -1.06. The maximum atomic E-state index is 11.2. The van der Waals surface area contributed by atoms with Crippen molar-refractivity contribution in [1.29, 1.82) is 0 Å². The van der Waals surface area contributed by atoms with E-state index in [1.807, 2.05) is 82.3 Å². The molecule has 1 heterocycles. The van der Waals surface area contributed by atoms with E-state index >= 15 is 0 Å². The van der Waals surface area contributed by atoms with E-state index in [2.05, 4.69) is 5.32 Å². The number of hydrogen-bond acceptors (Lipinski definition) is 3. The third-order valence-corrected chi connectivity index (χ3v) is 5.20. The minimum atomic E-state index is -1.06.